The van der Waals surface area contributed by atoms with Gasteiger partial charge in [0.2, 0.25) is 0 Å². The molecule has 0 aromatic heterocycles. The fourth-order valence-corrected chi connectivity index (χ4v) is 0.937. The largest absolute Gasteiger partial charge is 0.393 e. The Hall–Kier alpha value is -0.307. The Bertz CT molecular complexity index is 225. The van der Waals surface area contributed by atoms with E-state index >= 15 is 0 Å². The van der Waals surface area contributed by atoms with Crippen LogP contribution >= 0.6 is 0 Å². The molecule has 0 saturated heterocycles. The maximum atomic E-state index is 11.0. The number of hydrogen-bond donors (Lipinski definition) is 0. The number of rotatable bonds is 6. The van der Waals surface area contributed by atoms with Crippen LogP contribution in [0.5, 0.6) is 0 Å². The van der Waals surface area contributed by atoms with E-state index in [1.54, 1.807) is 0 Å². The van der Waals surface area contributed by atoms with Crippen molar-refractivity contribution in [3.63, 3.8) is 0 Å². The van der Waals surface area contributed by atoms with E-state index in [0.29, 0.717) is 0 Å². The van der Waals surface area contributed by atoms with Crippen LogP contribution < -0.4 is 0 Å². The maximum absolute atomic E-state index is 11.0. The van der Waals surface area contributed by atoms with Crippen LogP contribution in [-0.4, -0.2) is 17.7 Å². The average molecular weight is 291 g/mol. The summed E-state index contributed by atoms with van der Waals surface area (Å²) in [7, 11) is 0. The van der Waals surface area contributed by atoms with Gasteiger partial charge in [0, 0.05) is 32.6 Å². The zero-order chi connectivity index (χ0) is 11.0. The van der Waals surface area contributed by atoms with Crippen molar-refractivity contribution in [1.29, 1.82) is 0 Å². The molecule has 0 bridgehead atoms. The number of ketones is 1. The number of carbonyl (C=O) groups is 3. The molecule has 0 aromatic rings. The minimum Gasteiger partial charge on any atom is -0.393 e. The Balaban J connectivity index is 0. The van der Waals surface area contributed by atoms with Crippen LogP contribution in [-0.2, 0) is 45.3 Å². The summed E-state index contributed by atoms with van der Waals surface area (Å²) in [5.41, 5.74) is 0. The van der Waals surface area contributed by atoms with E-state index in [9.17, 15) is 14.4 Å². The minimum absolute atomic E-state index is 0. The summed E-state index contributed by atoms with van der Waals surface area (Å²) in [6, 6.07) is 0. The third kappa shape index (κ3) is 11.6. The molecule has 0 aliphatic heterocycles. The molecule has 0 aromatic carbocycles. The molecule has 0 rings (SSSR count). The average Bonchev–Trinajstić information content (AvgIpc) is 2.02. The summed E-state index contributed by atoms with van der Waals surface area (Å²) in [6.45, 7) is 3.30. The number of ether oxygens (including phenoxy) is 1. The van der Waals surface area contributed by atoms with Gasteiger partial charge in [0.25, 0.3) is 0 Å². The first-order valence-electron chi connectivity index (χ1n) is 4.79. The molecule has 0 saturated carbocycles. The van der Waals surface area contributed by atoms with Gasteiger partial charge in [-0.1, -0.05) is 19.8 Å². The van der Waals surface area contributed by atoms with Crippen molar-refractivity contribution in [3.8, 4) is 0 Å². The summed E-state index contributed by atoms with van der Waals surface area (Å²) in [5, 5.41) is 0. The standard InChI is InChI=1S/C10H16O4.Zr/c1-3-4-5-6-9(12)14-10(13)7-8(2)11;/h3-7H2,1-2H3;. The number of esters is 2. The van der Waals surface area contributed by atoms with Crippen molar-refractivity contribution < 1.29 is 45.3 Å². The van der Waals surface area contributed by atoms with Crippen molar-refractivity contribution in [2.24, 2.45) is 0 Å². The van der Waals surface area contributed by atoms with Crippen LogP contribution in [0.25, 0.3) is 0 Å². The second kappa shape index (κ2) is 10.2. The first kappa shape index (κ1) is 17.1. The second-order valence-corrected chi connectivity index (χ2v) is 3.18. The van der Waals surface area contributed by atoms with E-state index in [-0.39, 0.29) is 44.8 Å². The number of hydrogen-bond acceptors (Lipinski definition) is 4. The molecule has 84 valence electrons. The van der Waals surface area contributed by atoms with Gasteiger partial charge in [0.15, 0.2) is 0 Å². The molecule has 0 atom stereocenters. The van der Waals surface area contributed by atoms with Gasteiger partial charge in [-0.15, -0.1) is 0 Å². The fourth-order valence-electron chi connectivity index (χ4n) is 0.937. The summed E-state index contributed by atoms with van der Waals surface area (Å²) in [6.07, 6.45) is 2.60. The van der Waals surface area contributed by atoms with Crippen molar-refractivity contribution in [1.82, 2.24) is 0 Å². The zero-order valence-corrected chi connectivity index (χ0v) is 11.6. The van der Waals surface area contributed by atoms with Gasteiger partial charge in [-0.25, -0.2) is 0 Å². The molecule has 15 heavy (non-hydrogen) atoms. The monoisotopic (exact) mass is 290 g/mol. The van der Waals surface area contributed by atoms with E-state index in [4.69, 9.17) is 0 Å². The van der Waals surface area contributed by atoms with Gasteiger partial charge in [-0.3, -0.25) is 14.4 Å². The van der Waals surface area contributed by atoms with Gasteiger partial charge < -0.3 is 4.74 Å². The predicted molar refractivity (Wildman–Crippen MR) is 50.5 cm³/mol. The normalized spacial score (nSPS) is 8.93. The molecule has 0 N–H and O–H groups in total. The van der Waals surface area contributed by atoms with Gasteiger partial charge in [-0.2, -0.15) is 0 Å². The molecule has 0 aliphatic carbocycles. The number of unbranched alkanes of at least 4 members (excludes halogenated alkanes) is 2. The summed E-state index contributed by atoms with van der Waals surface area (Å²) >= 11 is 0. The fraction of sp³-hybridized carbons (Fsp3) is 0.700. The van der Waals surface area contributed by atoms with Gasteiger partial charge in [-0.05, 0) is 13.3 Å². The molecule has 5 heteroatoms. The Morgan fingerprint density at radius 2 is 1.67 bits per heavy atom. The zero-order valence-electron chi connectivity index (χ0n) is 9.17. The van der Waals surface area contributed by atoms with E-state index in [1.807, 2.05) is 6.92 Å². The van der Waals surface area contributed by atoms with Crippen LogP contribution in [0.4, 0.5) is 0 Å². The number of carbonyl (C=O) groups excluding carboxylic acids is 3. The molecular formula is C10H16O4Zr. The molecule has 4 nitrogen and oxygen atoms in total. The van der Waals surface area contributed by atoms with Crippen molar-refractivity contribution in [3.05, 3.63) is 0 Å². The van der Waals surface area contributed by atoms with Crippen molar-refractivity contribution in [2.75, 3.05) is 0 Å². The quantitative estimate of drug-likeness (QED) is 0.424. The first-order valence-corrected chi connectivity index (χ1v) is 4.79. The molecule has 0 heterocycles. The third-order valence-corrected chi connectivity index (χ3v) is 1.61. The van der Waals surface area contributed by atoms with Crippen LogP contribution in [0.1, 0.15) is 46.0 Å². The Morgan fingerprint density at radius 3 is 2.13 bits per heavy atom. The van der Waals surface area contributed by atoms with E-state index < -0.39 is 11.9 Å². The smallest absolute Gasteiger partial charge is 0.320 e. The molecular weight excluding hydrogens is 275 g/mol. The topological polar surface area (TPSA) is 60.4 Å². The van der Waals surface area contributed by atoms with Crippen LogP contribution in [0.15, 0.2) is 0 Å². The molecule has 0 aliphatic rings. The Kier molecular flexibility index (Phi) is 11.6. The van der Waals surface area contributed by atoms with Crippen LogP contribution in [0, 0.1) is 0 Å². The SMILES string of the molecule is CCCCCC(=O)OC(=O)CC(C)=O.[Zr]. The Labute approximate surface area is 109 Å². The molecule has 0 unspecified atom stereocenters. The van der Waals surface area contributed by atoms with E-state index in [0.717, 1.165) is 19.3 Å². The number of Topliss-reactive ketones (excluding diaryl/α,β-unsaturated/α-hetero) is 1. The van der Waals surface area contributed by atoms with Crippen LogP contribution in [0.3, 0.4) is 0 Å². The summed E-state index contributed by atoms with van der Waals surface area (Å²) in [5.74, 6) is -1.58. The minimum atomic E-state index is -0.751. The molecule has 0 spiro atoms. The van der Waals surface area contributed by atoms with Crippen molar-refractivity contribution >= 4 is 17.7 Å². The first-order chi connectivity index (χ1) is 6.56. The van der Waals surface area contributed by atoms with Gasteiger partial charge in [0.05, 0.1) is 0 Å². The Morgan fingerprint density at radius 1 is 1.07 bits per heavy atom. The molecule has 0 radical (unpaired) electrons. The maximum Gasteiger partial charge on any atom is 0.320 e. The predicted octanol–water partition coefficient (Wildman–Crippen LogP) is 1.61. The molecule has 0 fully saturated rings. The third-order valence-electron chi connectivity index (χ3n) is 1.61. The summed E-state index contributed by atoms with van der Waals surface area (Å²) < 4.78 is 4.41. The van der Waals surface area contributed by atoms with Crippen molar-refractivity contribution in [2.45, 2.75) is 46.0 Å². The van der Waals surface area contributed by atoms with Crippen LogP contribution in [0.2, 0.25) is 0 Å². The van der Waals surface area contributed by atoms with E-state index in [2.05, 4.69) is 4.74 Å². The van der Waals surface area contributed by atoms with E-state index in [1.165, 1.54) is 6.92 Å². The summed E-state index contributed by atoms with van der Waals surface area (Å²) in [4.78, 5) is 32.3. The van der Waals surface area contributed by atoms with Gasteiger partial charge in [0.1, 0.15) is 12.2 Å². The molecule has 0 amide bonds. The van der Waals surface area contributed by atoms with Gasteiger partial charge >= 0.3 is 11.9 Å². The second-order valence-electron chi connectivity index (χ2n) is 3.18.